The maximum atomic E-state index is 13.4. The predicted octanol–water partition coefficient (Wildman–Crippen LogP) is 3.66. The van der Waals surface area contributed by atoms with Crippen LogP contribution in [0.2, 0.25) is 5.02 Å². The van der Waals surface area contributed by atoms with Crippen LogP contribution in [-0.4, -0.2) is 67.2 Å². The Morgan fingerprint density at radius 2 is 1.90 bits per heavy atom. The zero-order chi connectivity index (χ0) is 21.8. The van der Waals surface area contributed by atoms with E-state index in [0.717, 1.165) is 28.7 Å². The molecule has 30 heavy (non-hydrogen) atoms. The molecule has 0 N–H and O–H groups in total. The molecular weight excluding hydrogens is 426 g/mol. The highest BCUT2D eigenvalue weighted by Crippen LogP contribution is 2.34. The minimum Gasteiger partial charge on any atom is -0.481 e. The fraction of sp³-hybridized carbons (Fsp3) is 0.400. The van der Waals surface area contributed by atoms with Gasteiger partial charge in [-0.3, -0.25) is 9.69 Å². The number of benzene rings is 1. The molecule has 0 spiro atoms. The third-order valence-corrected chi connectivity index (χ3v) is 5.95. The van der Waals surface area contributed by atoms with Crippen molar-refractivity contribution in [3.05, 3.63) is 34.5 Å². The first kappa shape index (κ1) is 22.2. The van der Waals surface area contributed by atoms with Gasteiger partial charge < -0.3 is 14.4 Å². The van der Waals surface area contributed by atoms with Gasteiger partial charge in [0.1, 0.15) is 5.69 Å². The summed E-state index contributed by atoms with van der Waals surface area (Å²) in [5.74, 6) is -0.0408. The Kier molecular flexibility index (Phi) is 7.06. The lowest BCUT2D eigenvalue weighted by atomic mass is 10.2. The molecule has 10 heteroatoms. The molecule has 0 bridgehead atoms. The summed E-state index contributed by atoms with van der Waals surface area (Å²) in [6.07, 6.45) is 0.772. The van der Waals surface area contributed by atoms with Crippen molar-refractivity contribution in [3.8, 4) is 11.9 Å². The molecule has 0 aliphatic heterocycles. The van der Waals surface area contributed by atoms with Gasteiger partial charge in [0.25, 0.3) is 5.91 Å². The summed E-state index contributed by atoms with van der Waals surface area (Å²) in [5, 5.41) is 1.24. The Hall–Kier alpha value is -2.49. The summed E-state index contributed by atoms with van der Waals surface area (Å²) < 4.78 is 11.3. The smallest absolute Gasteiger partial charge is 0.320 e. The van der Waals surface area contributed by atoms with Crippen molar-refractivity contribution in [2.45, 2.75) is 13.3 Å². The van der Waals surface area contributed by atoms with Crippen molar-refractivity contribution < 1.29 is 14.3 Å². The van der Waals surface area contributed by atoms with E-state index in [4.69, 9.17) is 26.1 Å². The third-order valence-electron chi connectivity index (χ3n) is 4.49. The molecule has 0 unspecified atom stereocenters. The van der Waals surface area contributed by atoms with Gasteiger partial charge in [-0.05, 0) is 51.7 Å². The zero-order valence-corrected chi connectivity index (χ0v) is 19.2. The quantitative estimate of drug-likeness (QED) is 0.519. The van der Waals surface area contributed by atoms with E-state index in [-0.39, 0.29) is 23.5 Å². The van der Waals surface area contributed by atoms with Crippen molar-refractivity contribution in [1.82, 2.24) is 19.9 Å². The number of thiazole rings is 1. The number of carbonyl (C=O) groups is 1. The van der Waals surface area contributed by atoms with Crippen LogP contribution in [0.4, 0.5) is 5.13 Å². The highest BCUT2D eigenvalue weighted by atomic mass is 35.5. The van der Waals surface area contributed by atoms with Gasteiger partial charge in [-0.2, -0.15) is 9.97 Å². The number of fused-ring (bicyclic) bond motifs is 1. The van der Waals surface area contributed by atoms with E-state index >= 15 is 0 Å². The van der Waals surface area contributed by atoms with Crippen LogP contribution in [0.1, 0.15) is 22.5 Å². The molecule has 160 valence electrons. The Balaban J connectivity index is 2.02. The molecule has 0 aliphatic rings. The molecule has 2 aromatic heterocycles. The largest absolute Gasteiger partial charge is 0.481 e. The Morgan fingerprint density at radius 3 is 2.57 bits per heavy atom. The normalized spacial score (nSPS) is 11.2. The van der Waals surface area contributed by atoms with Crippen LogP contribution in [0.3, 0.4) is 0 Å². The molecule has 0 aliphatic carbocycles. The maximum Gasteiger partial charge on any atom is 0.320 e. The first-order valence-corrected chi connectivity index (χ1v) is 10.5. The number of anilines is 1. The van der Waals surface area contributed by atoms with Crippen LogP contribution >= 0.6 is 22.9 Å². The van der Waals surface area contributed by atoms with Gasteiger partial charge in [-0.1, -0.05) is 22.9 Å². The molecule has 8 nitrogen and oxygen atoms in total. The number of hydrogen-bond donors (Lipinski definition) is 0. The van der Waals surface area contributed by atoms with Crippen molar-refractivity contribution >= 4 is 44.2 Å². The van der Waals surface area contributed by atoms with Gasteiger partial charge in [0.15, 0.2) is 5.13 Å². The summed E-state index contributed by atoms with van der Waals surface area (Å²) in [6, 6.07) is 5.34. The topological polar surface area (TPSA) is 80.7 Å². The number of rotatable bonds is 8. The number of nitrogens with zero attached hydrogens (tertiary/aromatic N) is 5. The number of carbonyl (C=O) groups excluding carboxylic acids is 1. The van der Waals surface area contributed by atoms with E-state index in [1.165, 1.54) is 31.6 Å². The van der Waals surface area contributed by atoms with Crippen molar-refractivity contribution in [3.63, 3.8) is 0 Å². The average Bonchev–Trinajstić information content (AvgIpc) is 3.17. The second-order valence-corrected chi connectivity index (χ2v) is 8.33. The lowest BCUT2D eigenvalue weighted by Crippen LogP contribution is -2.34. The average molecular weight is 450 g/mol. The summed E-state index contributed by atoms with van der Waals surface area (Å²) >= 11 is 7.70. The van der Waals surface area contributed by atoms with E-state index in [0.29, 0.717) is 16.7 Å². The van der Waals surface area contributed by atoms with E-state index in [9.17, 15) is 4.79 Å². The lowest BCUT2D eigenvalue weighted by molar-refractivity contribution is 0.0979. The highest BCUT2D eigenvalue weighted by Gasteiger charge is 2.24. The van der Waals surface area contributed by atoms with Gasteiger partial charge in [0.2, 0.25) is 5.88 Å². The van der Waals surface area contributed by atoms with E-state index in [2.05, 4.69) is 14.9 Å². The van der Waals surface area contributed by atoms with E-state index in [1.807, 2.05) is 33.2 Å². The standard InChI is InChI=1S/C20H24ClN5O3S/c1-12-13(21)7-8-15-17(12)24-20(30-15)26(10-6-9-25(2)3)18(27)14-11-16(28-4)23-19(22-14)29-5/h7-8,11H,6,9-10H2,1-5H3. The minimum absolute atomic E-state index is 0.0675. The molecule has 1 aromatic carbocycles. The number of halogens is 1. The van der Waals surface area contributed by atoms with E-state index < -0.39 is 0 Å². The SMILES string of the molecule is COc1cc(C(=O)N(CCCN(C)C)c2nc3c(C)c(Cl)ccc3s2)nc(OC)n1. The van der Waals surface area contributed by atoms with Crippen LogP contribution in [-0.2, 0) is 0 Å². The highest BCUT2D eigenvalue weighted by molar-refractivity contribution is 7.22. The number of aromatic nitrogens is 3. The molecule has 3 rings (SSSR count). The second kappa shape index (κ2) is 9.55. The summed E-state index contributed by atoms with van der Waals surface area (Å²) in [4.78, 5) is 30.2. The molecule has 0 saturated heterocycles. The Bertz CT molecular complexity index is 1030. The molecule has 0 radical (unpaired) electrons. The minimum atomic E-state index is -0.296. The van der Waals surface area contributed by atoms with Gasteiger partial charge in [-0.25, -0.2) is 4.98 Å². The molecule has 0 saturated carbocycles. The molecule has 0 atom stereocenters. The molecular formula is C20H24ClN5O3S. The van der Waals surface area contributed by atoms with Gasteiger partial charge in [0.05, 0.1) is 24.4 Å². The fourth-order valence-corrected chi connectivity index (χ4v) is 4.08. The molecule has 3 aromatic rings. The fourth-order valence-electron chi connectivity index (χ4n) is 2.88. The van der Waals surface area contributed by atoms with Gasteiger partial charge >= 0.3 is 6.01 Å². The van der Waals surface area contributed by atoms with Crippen LogP contribution in [0.15, 0.2) is 18.2 Å². The van der Waals surface area contributed by atoms with Crippen molar-refractivity contribution in [2.75, 3.05) is 46.3 Å². The van der Waals surface area contributed by atoms with Crippen molar-refractivity contribution in [2.24, 2.45) is 0 Å². The first-order valence-electron chi connectivity index (χ1n) is 9.33. The van der Waals surface area contributed by atoms with E-state index in [1.54, 1.807) is 4.90 Å². The number of hydrogen-bond acceptors (Lipinski definition) is 8. The third kappa shape index (κ3) is 4.80. The number of aryl methyl sites for hydroxylation is 1. The van der Waals surface area contributed by atoms with Crippen molar-refractivity contribution in [1.29, 1.82) is 0 Å². The first-order chi connectivity index (χ1) is 14.3. The van der Waals surface area contributed by atoms with Gasteiger partial charge in [-0.15, -0.1) is 0 Å². The van der Waals surface area contributed by atoms with Crippen LogP contribution < -0.4 is 14.4 Å². The summed E-state index contributed by atoms with van der Waals surface area (Å²) in [5.41, 5.74) is 1.87. The van der Waals surface area contributed by atoms with Crippen LogP contribution in [0.25, 0.3) is 10.2 Å². The number of methoxy groups -OCH3 is 2. The number of ether oxygens (including phenoxy) is 2. The second-order valence-electron chi connectivity index (χ2n) is 6.91. The predicted molar refractivity (Wildman–Crippen MR) is 119 cm³/mol. The molecule has 1 amide bonds. The van der Waals surface area contributed by atoms with Crippen LogP contribution in [0, 0.1) is 6.92 Å². The Morgan fingerprint density at radius 1 is 1.13 bits per heavy atom. The zero-order valence-electron chi connectivity index (χ0n) is 17.6. The maximum absolute atomic E-state index is 13.4. The summed E-state index contributed by atoms with van der Waals surface area (Å²) in [7, 11) is 6.91. The molecule has 2 heterocycles. The molecule has 0 fully saturated rings. The Labute approximate surface area is 184 Å². The summed E-state index contributed by atoms with van der Waals surface area (Å²) in [6.45, 7) is 3.24. The lowest BCUT2D eigenvalue weighted by Gasteiger charge is -2.21. The van der Waals surface area contributed by atoms with Crippen LogP contribution in [0.5, 0.6) is 11.9 Å². The monoisotopic (exact) mass is 449 g/mol. The van der Waals surface area contributed by atoms with Gasteiger partial charge in [0, 0.05) is 17.6 Å². The number of amides is 1.